The van der Waals surface area contributed by atoms with Crippen LogP contribution in [0.15, 0.2) is 24.3 Å². The summed E-state index contributed by atoms with van der Waals surface area (Å²) in [6.07, 6.45) is 0.854. The Kier molecular flexibility index (Phi) is 6.07. The van der Waals surface area contributed by atoms with Crippen LogP contribution in [-0.4, -0.2) is 57.1 Å². The molecule has 2 heterocycles. The van der Waals surface area contributed by atoms with Crippen LogP contribution in [0.25, 0.3) is 0 Å². The zero-order valence-corrected chi connectivity index (χ0v) is 16.1. The van der Waals surface area contributed by atoms with E-state index in [-0.39, 0.29) is 18.4 Å². The molecule has 4 nitrogen and oxygen atoms in total. The molecule has 0 saturated carbocycles. The molecular weight excluding hydrogens is 384 g/mol. The van der Waals surface area contributed by atoms with E-state index < -0.39 is 0 Å². The Labute approximate surface area is 160 Å². The second kappa shape index (κ2) is 8.08. The van der Waals surface area contributed by atoms with E-state index in [0.717, 1.165) is 22.8 Å². The largest absolute Gasteiger partial charge is 0.340 e. The molecule has 3 rings (SSSR count). The van der Waals surface area contributed by atoms with E-state index in [2.05, 4.69) is 6.07 Å². The lowest BCUT2D eigenvalue weighted by Crippen LogP contribution is -2.43. The third-order valence-electron chi connectivity index (χ3n) is 4.08. The number of carbonyl (C=O) groups is 2. The molecule has 24 heavy (non-hydrogen) atoms. The van der Waals surface area contributed by atoms with Crippen molar-refractivity contribution in [3.8, 4) is 0 Å². The van der Waals surface area contributed by atoms with Crippen LogP contribution in [0.5, 0.6) is 0 Å². The van der Waals surface area contributed by atoms with Gasteiger partial charge in [0.15, 0.2) is 0 Å². The van der Waals surface area contributed by atoms with Gasteiger partial charge in [-0.2, -0.15) is 11.8 Å². The number of thioether (sulfide) groups is 2. The molecule has 2 amide bonds. The SMILES string of the molecule is O=C(CN1C(=O)CSC1=S)N1CCSC(c2ccccc2Cl)CC1. The number of benzene rings is 1. The number of hydrogen-bond acceptors (Lipinski definition) is 5. The Morgan fingerprint density at radius 2 is 2.12 bits per heavy atom. The van der Waals surface area contributed by atoms with Crippen molar-refractivity contribution in [1.82, 2.24) is 9.80 Å². The number of halogens is 1. The molecule has 0 radical (unpaired) electrons. The van der Waals surface area contributed by atoms with Gasteiger partial charge in [0.05, 0.1) is 5.75 Å². The number of thiocarbonyl (C=S) groups is 1. The predicted octanol–water partition coefficient (Wildman–Crippen LogP) is 3.21. The molecule has 0 aromatic heterocycles. The summed E-state index contributed by atoms with van der Waals surface area (Å²) in [4.78, 5) is 27.6. The first kappa shape index (κ1) is 18.0. The van der Waals surface area contributed by atoms with Gasteiger partial charge in [0.2, 0.25) is 11.8 Å². The molecule has 2 aliphatic rings. The van der Waals surface area contributed by atoms with Crippen LogP contribution >= 0.6 is 47.3 Å². The lowest BCUT2D eigenvalue weighted by molar-refractivity contribution is -0.135. The fourth-order valence-electron chi connectivity index (χ4n) is 2.77. The van der Waals surface area contributed by atoms with Crippen LogP contribution in [0.2, 0.25) is 5.02 Å². The van der Waals surface area contributed by atoms with Gasteiger partial charge < -0.3 is 4.90 Å². The van der Waals surface area contributed by atoms with Crippen molar-refractivity contribution in [2.75, 3.05) is 31.1 Å². The quantitative estimate of drug-likeness (QED) is 0.728. The van der Waals surface area contributed by atoms with Gasteiger partial charge >= 0.3 is 0 Å². The molecule has 0 spiro atoms. The number of rotatable bonds is 3. The first-order chi connectivity index (χ1) is 11.6. The Morgan fingerprint density at radius 3 is 2.83 bits per heavy atom. The van der Waals surface area contributed by atoms with E-state index in [1.807, 2.05) is 34.9 Å². The van der Waals surface area contributed by atoms with Crippen molar-refractivity contribution in [3.63, 3.8) is 0 Å². The zero-order chi connectivity index (χ0) is 17.1. The molecular formula is C16H17ClN2O2S3. The van der Waals surface area contributed by atoms with Gasteiger partial charge in [-0.3, -0.25) is 14.5 Å². The van der Waals surface area contributed by atoms with Gasteiger partial charge in [-0.05, 0) is 18.1 Å². The maximum atomic E-state index is 12.5. The molecule has 1 aromatic rings. The van der Waals surface area contributed by atoms with E-state index in [1.54, 1.807) is 0 Å². The highest BCUT2D eigenvalue weighted by Crippen LogP contribution is 2.37. The first-order valence-electron chi connectivity index (χ1n) is 7.67. The minimum Gasteiger partial charge on any atom is -0.340 e. The highest BCUT2D eigenvalue weighted by molar-refractivity contribution is 8.23. The minimum absolute atomic E-state index is 0.0337. The Hall–Kier alpha value is -0.760. The van der Waals surface area contributed by atoms with Crippen molar-refractivity contribution >= 4 is 63.5 Å². The zero-order valence-electron chi connectivity index (χ0n) is 12.9. The molecule has 2 aliphatic heterocycles. The standard InChI is InChI=1S/C16H17ClN2O2S3/c17-12-4-2-1-3-11(12)13-5-6-18(7-8-23-13)14(20)9-19-15(21)10-24-16(19)22/h1-4,13H,5-10H2. The van der Waals surface area contributed by atoms with Crippen LogP contribution in [0, 0.1) is 0 Å². The first-order valence-corrected chi connectivity index (χ1v) is 10.5. The maximum Gasteiger partial charge on any atom is 0.242 e. The maximum absolute atomic E-state index is 12.5. The fraction of sp³-hybridized carbons (Fsp3) is 0.438. The highest BCUT2D eigenvalue weighted by atomic mass is 35.5. The third kappa shape index (κ3) is 4.07. The number of hydrogen-bond donors (Lipinski definition) is 0. The summed E-state index contributed by atoms with van der Waals surface area (Å²) in [5.41, 5.74) is 1.13. The van der Waals surface area contributed by atoms with Gasteiger partial charge in [-0.25, -0.2) is 0 Å². The van der Waals surface area contributed by atoms with Gasteiger partial charge in [-0.15, -0.1) is 0 Å². The van der Waals surface area contributed by atoms with Crippen LogP contribution in [0.1, 0.15) is 17.2 Å². The summed E-state index contributed by atoms with van der Waals surface area (Å²) in [7, 11) is 0. The molecule has 1 aromatic carbocycles. The van der Waals surface area contributed by atoms with E-state index in [4.69, 9.17) is 23.8 Å². The van der Waals surface area contributed by atoms with Crippen LogP contribution in [0.4, 0.5) is 0 Å². The van der Waals surface area contributed by atoms with E-state index >= 15 is 0 Å². The van der Waals surface area contributed by atoms with Crippen molar-refractivity contribution in [3.05, 3.63) is 34.9 Å². The molecule has 1 unspecified atom stereocenters. The molecule has 2 saturated heterocycles. The number of carbonyl (C=O) groups excluding carboxylic acids is 2. The second-order valence-corrected chi connectivity index (χ2v) is 8.91. The molecule has 2 fully saturated rings. The molecule has 0 N–H and O–H groups in total. The van der Waals surface area contributed by atoms with Crippen molar-refractivity contribution in [2.45, 2.75) is 11.7 Å². The minimum atomic E-state index is -0.0727. The van der Waals surface area contributed by atoms with Crippen molar-refractivity contribution in [2.24, 2.45) is 0 Å². The van der Waals surface area contributed by atoms with E-state index in [0.29, 0.717) is 28.4 Å². The molecule has 128 valence electrons. The monoisotopic (exact) mass is 400 g/mol. The van der Waals surface area contributed by atoms with Gasteiger partial charge in [0.1, 0.15) is 10.9 Å². The lowest BCUT2D eigenvalue weighted by atomic mass is 10.1. The van der Waals surface area contributed by atoms with E-state index in [9.17, 15) is 9.59 Å². The summed E-state index contributed by atoms with van der Waals surface area (Å²) in [5.74, 6) is 1.09. The summed E-state index contributed by atoms with van der Waals surface area (Å²) < 4.78 is 0.506. The Balaban J connectivity index is 1.61. The van der Waals surface area contributed by atoms with Crippen molar-refractivity contribution in [1.29, 1.82) is 0 Å². The van der Waals surface area contributed by atoms with Crippen LogP contribution < -0.4 is 0 Å². The normalized spacial score (nSPS) is 22.0. The van der Waals surface area contributed by atoms with Crippen LogP contribution in [0.3, 0.4) is 0 Å². The Bertz CT molecular complexity index is 654. The van der Waals surface area contributed by atoms with E-state index in [1.165, 1.54) is 16.7 Å². The Morgan fingerprint density at radius 1 is 1.33 bits per heavy atom. The topological polar surface area (TPSA) is 40.6 Å². The molecule has 0 bridgehead atoms. The number of amides is 2. The summed E-state index contributed by atoms with van der Waals surface area (Å²) >= 11 is 14.6. The predicted molar refractivity (Wildman–Crippen MR) is 105 cm³/mol. The fourth-order valence-corrected chi connectivity index (χ4v) is 5.44. The summed E-state index contributed by atoms with van der Waals surface area (Å²) in [6, 6.07) is 7.88. The number of nitrogens with zero attached hydrogens (tertiary/aromatic N) is 2. The smallest absolute Gasteiger partial charge is 0.242 e. The average molecular weight is 401 g/mol. The van der Waals surface area contributed by atoms with Gasteiger partial charge in [-0.1, -0.05) is 53.8 Å². The molecule has 0 aliphatic carbocycles. The second-order valence-electron chi connectivity index (χ2n) is 5.58. The van der Waals surface area contributed by atoms with Crippen LogP contribution in [-0.2, 0) is 9.59 Å². The highest BCUT2D eigenvalue weighted by Gasteiger charge is 2.31. The van der Waals surface area contributed by atoms with Gasteiger partial charge in [0.25, 0.3) is 0 Å². The van der Waals surface area contributed by atoms with Crippen molar-refractivity contribution < 1.29 is 9.59 Å². The summed E-state index contributed by atoms with van der Waals surface area (Å²) in [5, 5.41) is 1.07. The third-order valence-corrected chi connectivity index (χ3v) is 7.17. The summed E-state index contributed by atoms with van der Waals surface area (Å²) in [6.45, 7) is 1.42. The lowest BCUT2D eigenvalue weighted by Gasteiger charge is -2.23. The molecule has 1 atom stereocenters. The average Bonchev–Trinajstić information content (AvgIpc) is 2.79. The molecule has 8 heteroatoms. The van der Waals surface area contributed by atoms with Gasteiger partial charge in [0, 0.05) is 29.1 Å².